The van der Waals surface area contributed by atoms with Crippen LogP contribution in [0.1, 0.15) is 20.3 Å². The van der Waals surface area contributed by atoms with Crippen LogP contribution >= 0.6 is 0 Å². The fraction of sp³-hybridized carbons (Fsp3) is 0.778. The molecule has 5 heteroatoms. The Hall–Kier alpha value is -1.26. The summed E-state index contributed by atoms with van der Waals surface area (Å²) in [6.07, 6.45) is 0.0960. The van der Waals surface area contributed by atoms with Crippen molar-refractivity contribution in [3.05, 3.63) is 0 Å². The number of hydrogen-bond donors (Lipinski definition) is 1. The third-order valence-corrected chi connectivity index (χ3v) is 2.57. The monoisotopic (exact) mass is 201 g/mol. The van der Waals surface area contributed by atoms with Crippen molar-refractivity contribution in [3.8, 4) is 0 Å². The second-order valence-electron chi connectivity index (χ2n) is 3.37. The summed E-state index contributed by atoms with van der Waals surface area (Å²) in [5, 5.41) is 8.83. The Kier molecular flexibility index (Phi) is 3.33. The Morgan fingerprint density at radius 2 is 2.21 bits per heavy atom. The Labute approximate surface area is 82.6 Å². The molecule has 0 saturated carbocycles. The molecule has 1 N–H and O–H groups in total. The van der Waals surface area contributed by atoms with Crippen molar-refractivity contribution in [3.63, 3.8) is 0 Å². The van der Waals surface area contributed by atoms with Gasteiger partial charge in [-0.05, 0) is 20.3 Å². The van der Waals surface area contributed by atoms with Crippen molar-refractivity contribution in [1.82, 2.24) is 4.90 Å². The van der Waals surface area contributed by atoms with Gasteiger partial charge in [0.1, 0.15) is 0 Å². The minimum absolute atomic E-state index is 0.272. The molecule has 0 aliphatic carbocycles. The van der Waals surface area contributed by atoms with E-state index in [0.717, 1.165) is 0 Å². The molecule has 80 valence electrons. The largest absolute Gasteiger partial charge is 0.481 e. The van der Waals surface area contributed by atoms with Crippen LogP contribution in [0.5, 0.6) is 0 Å². The van der Waals surface area contributed by atoms with Crippen LogP contribution < -0.4 is 0 Å². The Bertz CT molecular complexity index is 241. The fourth-order valence-electron chi connectivity index (χ4n) is 1.73. The number of ether oxygens (including phenoxy) is 1. The number of hydrogen-bond acceptors (Lipinski definition) is 3. The molecule has 5 nitrogen and oxygen atoms in total. The first-order valence-corrected chi connectivity index (χ1v) is 4.74. The van der Waals surface area contributed by atoms with E-state index in [0.29, 0.717) is 19.6 Å². The summed E-state index contributed by atoms with van der Waals surface area (Å²) in [5.74, 6) is -1.30. The zero-order valence-electron chi connectivity index (χ0n) is 8.40. The van der Waals surface area contributed by atoms with Gasteiger partial charge in [0.2, 0.25) is 0 Å². The molecule has 1 heterocycles. The number of carboxylic acids is 1. The topological polar surface area (TPSA) is 66.8 Å². The van der Waals surface area contributed by atoms with E-state index in [1.165, 1.54) is 4.90 Å². The molecular formula is C9H15NO4. The summed E-state index contributed by atoms with van der Waals surface area (Å²) < 4.78 is 4.82. The molecule has 0 unspecified atom stereocenters. The van der Waals surface area contributed by atoms with Gasteiger partial charge in [-0.25, -0.2) is 4.79 Å². The zero-order chi connectivity index (χ0) is 10.7. The quantitative estimate of drug-likeness (QED) is 0.722. The molecule has 2 atom stereocenters. The van der Waals surface area contributed by atoms with E-state index < -0.39 is 18.0 Å². The predicted octanol–water partition coefficient (Wildman–Crippen LogP) is 0.938. The molecule has 0 aromatic heterocycles. The minimum Gasteiger partial charge on any atom is -0.481 e. The third-order valence-electron chi connectivity index (χ3n) is 2.57. The van der Waals surface area contributed by atoms with Crippen molar-refractivity contribution < 1.29 is 19.4 Å². The maximum atomic E-state index is 11.3. The molecule has 14 heavy (non-hydrogen) atoms. The van der Waals surface area contributed by atoms with Gasteiger partial charge in [0.15, 0.2) is 0 Å². The second-order valence-corrected chi connectivity index (χ2v) is 3.37. The number of carbonyl (C=O) groups is 2. The summed E-state index contributed by atoms with van der Waals surface area (Å²) in [7, 11) is 0. The average molecular weight is 201 g/mol. The van der Waals surface area contributed by atoms with E-state index in [1.54, 1.807) is 13.8 Å². The number of amides is 1. The minimum atomic E-state index is -0.843. The molecular weight excluding hydrogens is 186 g/mol. The van der Waals surface area contributed by atoms with Gasteiger partial charge >= 0.3 is 12.1 Å². The van der Waals surface area contributed by atoms with Crippen molar-refractivity contribution in [2.75, 3.05) is 13.2 Å². The predicted molar refractivity (Wildman–Crippen MR) is 48.9 cm³/mol. The van der Waals surface area contributed by atoms with E-state index in [2.05, 4.69) is 0 Å². The fourth-order valence-corrected chi connectivity index (χ4v) is 1.73. The average Bonchev–Trinajstić information content (AvgIpc) is 2.47. The van der Waals surface area contributed by atoms with E-state index in [4.69, 9.17) is 9.84 Å². The van der Waals surface area contributed by atoms with Crippen molar-refractivity contribution >= 4 is 12.1 Å². The molecule has 0 aromatic carbocycles. The van der Waals surface area contributed by atoms with Gasteiger partial charge in [0.25, 0.3) is 0 Å². The highest BCUT2D eigenvalue weighted by Crippen LogP contribution is 2.24. The number of rotatable bonds is 2. The molecule has 1 rings (SSSR count). The lowest BCUT2D eigenvalue weighted by Gasteiger charge is -2.22. The molecule has 1 fully saturated rings. The maximum absolute atomic E-state index is 11.3. The van der Waals surface area contributed by atoms with Gasteiger partial charge in [-0.1, -0.05) is 0 Å². The van der Waals surface area contributed by atoms with Crippen molar-refractivity contribution in [1.29, 1.82) is 0 Å². The first kappa shape index (κ1) is 10.8. The van der Waals surface area contributed by atoms with Gasteiger partial charge in [-0.15, -0.1) is 0 Å². The van der Waals surface area contributed by atoms with Crippen LogP contribution in [0.2, 0.25) is 0 Å². The van der Waals surface area contributed by atoms with Crippen molar-refractivity contribution in [2.45, 2.75) is 26.3 Å². The first-order chi connectivity index (χ1) is 6.57. The van der Waals surface area contributed by atoms with Crippen LogP contribution in [0.25, 0.3) is 0 Å². The number of nitrogens with zero attached hydrogens (tertiary/aromatic N) is 1. The van der Waals surface area contributed by atoms with Gasteiger partial charge in [0.05, 0.1) is 12.5 Å². The molecule has 0 aromatic rings. The van der Waals surface area contributed by atoms with Crippen LogP contribution in [0, 0.1) is 5.92 Å². The number of carboxylic acid groups (broad SMARTS) is 1. The van der Waals surface area contributed by atoms with Crippen LogP contribution in [0.3, 0.4) is 0 Å². The highest BCUT2D eigenvalue weighted by molar-refractivity contribution is 5.75. The van der Waals surface area contributed by atoms with E-state index >= 15 is 0 Å². The smallest absolute Gasteiger partial charge is 0.410 e. The molecule has 0 spiro atoms. The van der Waals surface area contributed by atoms with Gasteiger partial charge < -0.3 is 14.7 Å². The standard InChI is InChI=1S/C9H15NO4/c1-3-14-9(13)10-5-4-7(6(10)2)8(11)12/h6-7H,3-5H2,1-2H3,(H,11,12)/t6-,7-/m0/s1. The maximum Gasteiger partial charge on any atom is 0.410 e. The Balaban J connectivity index is 2.59. The van der Waals surface area contributed by atoms with E-state index in [9.17, 15) is 9.59 Å². The molecule has 1 aliphatic heterocycles. The number of aliphatic carboxylic acids is 1. The third kappa shape index (κ3) is 1.97. The molecule has 0 bridgehead atoms. The zero-order valence-corrected chi connectivity index (χ0v) is 8.40. The summed E-state index contributed by atoms with van der Waals surface area (Å²) >= 11 is 0. The molecule has 1 amide bonds. The van der Waals surface area contributed by atoms with Gasteiger partial charge in [-0.3, -0.25) is 4.79 Å². The second kappa shape index (κ2) is 4.30. The lowest BCUT2D eigenvalue weighted by molar-refractivity contribution is -0.142. The first-order valence-electron chi connectivity index (χ1n) is 4.74. The van der Waals surface area contributed by atoms with Gasteiger partial charge in [0, 0.05) is 12.6 Å². The van der Waals surface area contributed by atoms with E-state index in [1.807, 2.05) is 0 Å². The molecule has 1 aliphatic rings. The normalized spacial score (nSPS) is 26.3. The highest BCUT2D eigenvalue weighted by Gasteiger charge is 2.38. The van der Waals surface area contributed by atoms with Crippen molar-refractivity contribution in [2.24, 2.45) is 5.92 Å². The van der Waals surface area contributed by atoms with Gasteiger partial charge in [-0.2, -0.15) is 0 Å². The number of carbonyl (C=O) groups excluding carboxylic acids is 1. The lowest BCUT2D eigenvalue weighted by atomic mass is 10.0. The molecule has 1 saturated heterocycles. The SMILES string of the molecule is CCOC(=O)N1CC[C@H](C(=O)O)[C@@H]1C. The lowest BCUT2D eigenvalue weighted by Crippen LogP contribution is -2.37. The van der Waals surface area contributed by atoms with Crippen LogP contribution in [0.15, 0.2) is 0 Å². The summed E-state index contributed by atoms with van der Waals surface area (Å²) in [6, 6.07) is -0.272. The Morgan fingerprint density at radius 3 is 2.64 bits per heavy atom. The van der Waals surface area contributed by atoms with Crippen LogP contribution in [-0.4, -0.2) is 41.3 Å². The van der Waals surface area contributed by atoms with E-state index in [-0.39, 0.29) is 6.04 Å². The highest BCUT2D eigenvalue weighted by atomic mass is 16.6. The summed E-state index contributed by atoms with van der Waals surface area (Å²) in [6.45, 7) is 4.26. The summed E-state index contributed by atoms with van der Waals surface area (Å²) in [4.78, 5) is 23.6. The van der Waals surface area contributed by atoms with Crippen LogP contribution in [-0.2, 0) is 9.53 Å². The Morgan fingerprint density at radius 1 is 1.57 bits per heavy atom. The summed E-state index contributed by atoms with van der Waals surface area (Å²) in [5.41, 5.74) is 0. The van der Waals surface area contributed by atoms with Crippen LogP contribution in [0.4, 0.5) is 4.79 Å². The molecule has 0 radical (unpaired) electrons. The number of likely N-dealkylation sites (tertiary alicyclic amines) is 1.